The summed E-state index contributed by atoms with van der Waals surface area (Å²) in [5, 5.41) is 7.03. The molecule has 0 aliphatic heterocycles. The summed E-state index contributed by atoms with van der Waals surface area (Å²) < 4.78 is 4.87. The number of pyridine rings is 4. The topological polar surface area (TPSA) is 61.4 Å². The Morgan fingerprint density at radius 3 is 1.23 bits per heavy atom. The smallest absolute Gasteiger partial charge is 0.159 e. The first kappa shape index (κ1) is 36.0. The van der Waals surface area contributed by atoms with Crippen molar-refractivity contribution in [3.05, 3.63) is 219 Å². The summed E-state index contributed by atoms with van der Waals surface area (Å²) in [6.45, 7) is 0. The van der Waals surface area contributed by atoms with Gasteiger partial charge in [0.1, 0.15) is 0 Å². The maximum absolute atomic E-state index is 4.46. The predicted molar refractivity (Wildman–Crippen MR) is 263 cm³/mol. The fraction of sp³-hybridized carbons (Fsp3) is 0. The molecule has 0 aliphatic rings. The second-order valence-electron chi connectivity index (χ2n) is 16.3. The largest absolute Gasteiger partial charge is 0.309 e. The zero-order valence-corrected chi connectivity index (χ0v) is 34.5. The van der Waals surface area contributed by atoms with Crippen molar-refractivity contribution in [3.63, 3.8) is 0 Å². The SMILES string of the molecule is c1cnc2nccc(-c3ccc(-c4ccc(-n5c6ccccc6c6c5ccc5c7ccccc7n(-c7ccc(-c8ccc(-c9ccnc%10ncccc9%10)cc8)cc7)c56)cc4)cc3)c2c1. The lowest BCUT2D eigenvalue weighted by atomic mass is 9.99. The minimum Gasteiger partial charge on any atom is -0.309 e. The number of rotatable bonds is 6. The lowest BCUT2D eigenvalue weighted by molar-refractivity contribution is 1.17. The average molecular weight is 817 g/mol. The monoisotopic (exact) mass is 816 g/mol. The van der Waals surface area contributed by atoms with E-state index in [4.69, 9.17) is 0 Å². The van der Waals surface area contributed by atoms with Crippen molar-refractivity contribution in [3.8, 4) is 55.9 Å². The molecule has 0 unspecified atom stereocenters. The number of hydrogen-bond donors (Lipinski definition) is 0. The molecule has 0 saturated carbocycles. The van der Waals surface area contributed by atoms with Crippen molar-refractivity contribution < 1.29 is 0 Å². The van der Waals surface area contributed by atoms with E-state index in [1.807, 2.05) is 24.5 Å². The van der Waals surface area contributed by atoms with Crippen LogP contribution in [0.4, 0.5) is 0 Å². The second-order valence-corrected chi connectivity index (χ2v) is 16.3. The molecule has 13 rings (SSSR count). The van der Waals surface area contributed by atoms with Crippen molar-refractivity contribution in [1.29, 1.82) is 0 Å². The second kappa shape index (κ2) is 14.4. The maximum atomic E-state index is 4.46. The van der Waals surface area contributed by atoms with Gasteiger partial charge in [0.25, 0.3) is 0 Å². The molecule has 0 saturated heterocycles. The fourth-order valence-electron chi connectivity index (χ4n) is 9.81. The molecule has 0 bridgehead atoms. The van der Waals surface area contributed by atoms with Gasteiger partial charge in [0.15, 0.2) is 11.3 Å². The predicted octanol–water partition coefficient (Wildman–Crippen LogP) is 14.4. The minimum atomic E-state index is 0.758. The molecule has 0 amide bonds. The van der Waals surface area contributed by atoms with E-state index in [1.54, 1.807) is 12.4 Å². The van der Waals surface area contributed by atoms with Crippen molar-refractivity contribution in [2.45, 2.75) is 0 Å². The lowest BCUT2D eigenvalue weighted by Crippen LogP contribution is -1.95. The highest BCUT2D eigenvalue weighted by Crippen LogP contribution is 2.42. The third kappa shape index (κ3) is 5.66. The highest BCUT2D eigenvalue weighted by atomic mass is 15.0. The molecule has 6 heterocycles. The van der Waals surface area contributed by atoms with Crippen LogP contribution in [0.1, 0.15) is 0 Å². The Morgan fingerprint density at radius 2 is 0.688 bits per heavy atom. The molecule has 13 aromatic rings. The quantitative estimate of drug-likeness (QED) is 0.168. The molecule has 0 fully saturated rings. The number of nitrogens with zero attached hydrogens (tertiary/aromatic N) is 6. The molecule has 0 spiro atoms. The Morgan fingerprint density at radius 1 is 0.266 bits per heavy atom. The number of fused-ring (bicyclic) bond motifs is 9. The molecule has 0 atom stereocenters. The summed E-state index contributed by atoms with van der Waals surface area (Å²) in [7, 11) is 0. The van der Waals surface area contributed by atoms with Crippen molar-refractivity contribution in [1.82, 2.24) is 29.1 Å². The van der Waals surface area contributed by atoms with E-state index >= 15 is 0 Å². The summed E-state index contributed by atoms with van der Waals surface area (Å²) >= 11 is 0. The highest BCUT2D eigenvalue weighted by Gasteiger charge is 2.21. The Kier molecular flexibility index (Phi) is 8.11. The zero-order chi connectivity index (χ0) is 42.1. The van der Waals surface area contributed by atoms with Gasteiger partial charge >= 0.3 is 0 Å². The lowest BCUT2D eigenvalue weighted by Gasteiger charge is -2.12. The highest BCUT2D eigenvalue weighted by molar-refractivity contribution is 6.26. The van der Waals surface area contributed by atoms with Crippen LogP contribution in [0, 0.1) is 0 Å². The molecule has 64 heavy (non-hydrogen) atoms. The normalized spacial score (nSPS) is 11.8. The number of para-hydroxylation sites is 2. The first-order valence-electron chi connectivity index (χ1n) is 21.5. The van der Waals surface area contributed by atoms with E-state index < -0.39 is 0 Å². The van der Waals surface area contributed by atoms with Gasteiger partial charge in [-0.05, 0) is 123 Å². The Bertz CT molecular complexity index is 3910. The van der Waals surface area contributed by atoms with Crippen LogP contribution in [0.25, 0.3) is 122 Å². The fourth-order valence-corrected chi connectivity index (χ4v) is 9.81. The van der Waals surface area contributed by atoms with Crippen LogP contribution >= 0.6 is 0 Å². The molecule has 6 aromatic heterocycles. The molecule has 0 aliphatic carbocycles. The summed E-state index contributed by atoms with van der Waals surface area (Å²) in [5.74, 6) is 0. The number of benzene rings is 7. The van der Waals surface area contributed by atoms with Crippen molar-refractivity contribution in [2.75, 3.05) is 0 Å². The van der Waals surface area contributed by atoms with Crippen LogP contribution in [0.2, 0.25) is 0 Å². The average Bonchev–Trinajstić information content (AvgIpc) is 3.89. The van der Waals surface area contributed by atoms with Gasteiger partial charge in [-0.25, -0.2) is 19.9 Å². The van der Waals surface area contributed by atoms with Crippen LogP contribution in [0.3, 0.4) is 0 Å². The Hall–Kier alpha value is -8.74. The summed E-state index contributed by atoms with van der Waals surface area (Å²) in [6.07, 6.45) is 7.24. The van der Waals surface area contributed by atoms with Gasteiger partial charge in [0, 0.05) is 68.5 Å². The van der Waals surface area contributed by atoms with Gasteiger partial charge in [-0.3, -0.25) is 0 Å². The zero-order valence-electron chi connectivity index (χ0n) is 34.5. The van der Waals surface area contributed by atoms with Gasteiger partial charge in [0.2, 0.25) is 0 Å². The minimum absolute atomic E-state index is 0.758. The molecule has 0 radical (unpaired) electrons. The van der Waals surface area contributed by atoms with E-state index in [2.05, 4.69) is 211 Å². The summed E-state index contributed by atoms with van der Waals surface area (Å²) in [5.41, 5.74) is 17.7. The van der Waals surface area contributed by atoms with E-state index in [9.17, 15) is 0 Å². The van der Waals surface area contributed by atoms with Crippen LogP contribution in [-0.2, 0) is 0 Å². The van der Waals surface area contributed by atoms with Crippen LogP contribution in [-0.4, -0.2) is 29.1 Å². The third-order valence-electron chi connectivity index (χ3n) is 12.8. The third-order valence-corrected chi connectivity index (χ3v) is 12.8. The van der Waals surface area contributed by atoms with E-state index in [0.717, 1.165) is 55.7 Å². The van der Waals surface area contributed by atoms with Gasteiger partial charge in [-0.2, -0.15) is 0 Å². The molecular weight excluding hydrogens is 781 g/mol. The Balaban J connectivity index is 0.888. The van der Waals surface area contributed by atoms with Gasteiger partial charge in [-0.1, -0.05) is 115 Å². The summed E-state index contributed by atoms with van der Waals surface area (Å²) in [6, 6.07) is 70.0. The summed E-state index contributed by atoms with van der Waals surface area (Å²) in [4.78, 5) is 17.8. The molecule has 6 nitrogen and oxygen atoms in total. The molecule has 0 N–H and O–H groups in total. The molecule has 298 valence electrons. The maximum Gasteiger partial charge on any atom is 0.159 e. The standard InChI is InChI=1S/C58H36N6/c1-3-11-52-47(7-1)48-29-30-54-55(56(48)64(52)44-27-23-40(24-28-44)38-15-19-42(20-16-38)46-32-36-62-58-50(46)10-6-34-60-58)51-8-2-4-12-53(51)63(54)43-25-21-39(22-26-43)37-13-17-41(18-14-37)45-31-35-61-57-49(45)9-5-33-59-57/h1-36H. The Labute approximate surface area is 368 Å². The molecule has 7 aromatic carbocycles. The van der Waals surface area contributed by atoms with Crippen LogP contribution in [0.15, 0.2) is 219 Å². The van der Waals surface area contributed by atoms with Crippen molar-refractivity contribution in [2.24, 2.45) is 0 Å². The first-order valence-corrected chi connectivity index (χ1v) is 21.5. The van der Waals surface area contributed by atoms with Crippen molar-refractivity contribution >= 4 is 65.7 Å². The van der Waals surface area contributed by atoms with E-state index in [0.29, 0.717) is 0 Å². The van der Waals surface area contributed by atoms with Crippen LogP contribution in [0.5, 0.6) is 0 Å². The number of hydrogen-bond acceptors (Lipinski definition) is 4. The first-order chi connectivity index (χ1) is 31.7. The number of aromatic nitrogens is 6. The van der Waals surface area contributed by atoms with E-state index in [1.165, 1.54) is 65.9 Å². The van der Waals surface area contributed by atoms with Gasteiger partial charge < -0.3 is 9.13 Å². The molecular formula is C58H36N6. The van der Waals surface area contributed by atoms with Crippen LogP contribution < -0.4 is 0 Å². The van der Waals surface area contributed by atoms with E-state index in [-0.39, 0.29) is 0 Å². The van der Waals surface area contributed by atoms with Gasteiger partial charge in [-0.15, -0.1) is 0 Å². The molecule has 6 heteroatoms. The van der Waals surface area contributed by atoms with Gasteiger partial charge in [0.05, 0.1) is 22.1 Å².